The Morgan fingerprint density at radius 2 is 1.71 bits per heavy atom. The fourth-order valence-electron chi connectivity index (χ4n) is 4.33. The van der Waals surface area contributed by atoms with Crippen LogP contribution in [0.15, 0.2) is 24.3 Å². The first kappa shape index (κ1) is 23.5. The number of carbonyl (C=O) groups excluding carboxylic acids is 2. The van der Waals surface area contributed by atoms with Crippen molar-refractivity contribution >= 4 is 11.8 Å². The van der Waals surface area contributed by atoms with Crippen LogP contribution in [0.1, 0.15) is 49.4 Å². The van der Waals surface area contributed by atoms with Gasteiger partial charge in [-0.3, -0.25) is 9.59 Å². The van der Waals surface area contributed by atoms with Crippen LogP contribution in [0.5, 0.6) is 5.75 Å². The molecule has 31 heavy (non-hydrogen) atoms. The highest BCUT2D eigenvalue weighted by Gasteiger charge is 2.21. The maximum Gasteiger partial charge on any atom is 0.253 e. The summed E-state index contributed by atoms with van der Waals surface area (Å²) in [5.41, 5.74) is 0.649. The molecule has 0 aliphatic carbocycles. The minimum atomic E-state index is -0.00481. The van der Waals surface area contributed by atoms with Gasteiger partial charge in [-0.1, -0.05) is 6.42 Å². The number of amides is 2. The first-order valence-electron chi connectivity index (χ1n) is 11.9. The molecule has 0 bridgehead atoms. The van der Waals surface area contributed by atoms with Gasteiger partial charge in [-0.15, -0.1) is 0 Å². The number of nitrogens with one attached hydrogen (secondary N) is 1. The van der Waals surface area contributed by atoms with Gasteiger partial charge in [0.1, 0.15) is 5.75 Å². The molecule has 0 saturated carbocycles. The van der Waals surface area contributed by atoms with Crippen molar-refractivity contribution in [3.8, 4) is 5.75 Å². The molecule has 0 unspecified atom stereocenters. The maximum atomic E-state index is 13.2. The van der Waals surface area contributed by atoms with E-state index in [-0.39, 0.29) is 11.8 Å². The van der Waals surface area contributed by atoms with Crippen LogP contribution in [0.4, 0.5) is 0 Å². The first-order valence-corrected chi connectivity index (χ1v) is 11.9. The first-order chi connectivity index (χ1) is 15.2. The number of likely N-dealkylation sites (tertiary alicyclic amines) is 1. The lowest BCUT2D eigenvalue weighted by Crippen LogP contribution is -2.47. The normalized spacial score (nSPS) is 17.4. The zero-order chi connectivity index (χ0) is 21.9. The lowest BCUT2D eigenvalue weighted by molar-refractivity contribution is -0.131. The van der Waals surface area contributed by atoms with Crippen LogP contribution in [-0.2, 0) is 4.79 Å². The molecule has 172 valence electrons. The van der Waals surface area contributed by atoms with Gasteiger partial charge in [0, 0.05) is 51.3 Å². The average Bonchev–Trinajstić information content (AvgIpc) is 2.82. The number of rotatable bonds is 10. The van der Waals surface area contributed by atoms with Crippen LogP contribution in [0, 0.1) is 0 Å². The van der Waals surface area contributed by atoms with Crippen molar-refractivity contribution in [2.75, 3.05) is 65.5 Å². The third-order valence-electron chi connectivity index (χ3n) is 6.12. The third-order valence-corrected chi connectivity index (χ3v) is 6.12. The largest absolute Gasteiger partial charge is 0.494 e. The van der Waals surface area contributed by atoms with Gasteiger partial charge in [0.05, 0.1) is 6.61 Å². The molecule has 1 aromatic carbocycles. The standard InChI is InChI=1S/C24H38N4O3/c1-2-31-22-9-7-21(8-10-22)24(30)28(17-6-16-26-14-4-3-5-15-26)18-11-23(29)27-19-12-25-13-20-27/h7-10,25H,2-6,11-20H2,1H3. The van der Waals surface area contributed by atoms with Crippen LogP contribution < -0.4 is 10.1 Å². The fourth-order valence-corrected chi connectivity index (χ4v) is 4.33. The summed E-state index contributed by atoms with van der Waals surface area (Å²) < 4.78 is 5.49. The Hall–Kier alpha value is -2.12. The van der Waals surface area contributed by atoms with Crippen molar-refractivity contribution in [2.24, 2.45) is 0 Å². The maximum absolute atomic E-state index is 13.2. The van der Waals surface area contributed by atoms with E-state index in [1.807, 2.05) is 41.0 Å². The summed E-state index contributed by atoms with van der Waals surface area (Å²) in [5, 5.41) is 3.27. The summed E-state index contributed by atoms with van der Waals surface area (Å²) in [5.74, 6) is 0.904. The molecule has 7 heteroatoms. The molecule has 0 aromatic heterocycles. The van der Waals surface area contributed by atoms with E-state index in [1.165, 1.54) is 19.3 Å². The Morgan fingerprint density at radius 1 is 1.00 bits per heavy atom. The number of piperidine rings is 1. The van der Waals surface area contributed by atoms with E-state index in [0.29, 0.717) is 31.7 Å². The van der Waals surface area contributed by atoms with Gasteiger partial charge in [0.15, 0.2) is 0 Å². The molecule has 1 N–H and O–H groups in total. The molecule has 2 saturated heterocycles. The Kier molecular flexibility index (Phi) is 9.62. The van der Waals surface area contributed by atoms with E-state index in [1.54, 1.807) is 0 Å². The number of carbonyl (C=O) groups is 2. The van der Waals surface area contributed by atoms with E-state index in [0.717, 1.165) is 58.0 Å². The minimum Gasteiger partial charge on any atom is -0.494 e. The van der Waals surface area contributed by atoms with Gasteiger partial charge >= 0.3 is 0 Å². The van der Waals surface area contributed by atoms with Crippen molar-refractivity contribution < 1.29 is 14.3 Å². The predicted octanol–water partition coefficient (Wildman–Crippen LogP) is 2.23. The summed E-state index contributed by atoms with van der Waals surface area (Å²) in [4.78, 5) is 32.1. The van der Waals surface area contributed by atoms with Gasteiger partial charge in [0.2, 0.25) is 5.91 Å². The fraction of sp³-hybridized carbons (Fsp3) is 0.667. The summed E-state index contributed by atoms with van der Waals surface area (Å²) in [7, 11) is 0. The molecule has 2 fully saturated rings. The van der Waals surface area contributed by atoms with E-state index >= 15 is 0 Å². The molecule has 2 aliphatic rings. The number of hydrogen-bond donors (Lipinski definition) is 1. The lowest BCUT2D eigenvalue weighted by atomic mass is 10.1. The molecule has 0 atom stereocenters. The van der Waals surface area contributed by atoms with Crippen LogP contribution in [-0.4, -0.2) is 92.0 Å². The highest BCUT2D eigenvalue weighted by molar-refractivity contribution is 5.94. The topological polar surface area (TPSA) is 65.1 Å². The summed E-state index contributed by atoms with van der Waals surface area (Å²) in [6.07, 6.45) is 5.19. The molecule has 7 nitrogen and oxygen atoms in total. The number of ether oxygens (including phenoxy) is 1. The Bertz CT molecular complexity index is 683. The molecular weight excluding hydrogens is 392 g/mol. The second-order valence-corrected chi connectivity index (χ2v) is 8.39. The van der Waals surface area contributed by atoms with Crippen molar-refractivity contribution in [2.45, 2.75) is 39.0 Å². The molecular formula is C24H38N4O3. The second-order valence-electron chi connectivity index (χ2n) is 8.39. The molecule has 3 rings (SSSR count). The highest BCUT2D eigenvalue weighted by Crippen LogP contribution is 2.15. The van der Waals surface area contributed by atoms with Crippen molar-refractivity contribution in [1.29, 1.82) is 0 Å². The molecule has 1 aromatic rings. The Morgan fingerprint density at radius 3 is 2.39 bits per heavy atom. The quantitative estimate of drug-likeness (QED) is 0.617. The van der Waals surface area contributed by atoms with E-state index in [9.17, 15) is 9.59 Å². The number of piperazine rings is 1. The van der Waals surface area contributed by atoms with Crippen LogP contribution in [0.25, 0.3) is 0 Å². The van der Waals surface area contributed by atoms with Crippen molar-refractivity contribution in [3.63, 3.8) is 0 Å². The van der Waals surface area contributed by atoms with Gasteiger partial charge in [-0.25, -0.2) is 0 Å². The lowest BCUT2D eigenvalue weighted by Gasteiger charge is -2.30. The number of benzene rings is 1. The smallest absolute Gasteiger partial charge is 0.253 e. The molecule has 0 radical (unpaired) electrons. The molecule has 0 spiro atoms. The number of nitrogens with zero attached hydrogens (tertiary/aromatic N) is 3. The van der Waals surface area contributed by atoms with E-state index in [4.69, 9.17) is 4.74 Å². The molecule has 2 heterocycles. The monoisotopic (exact) mass is 430 g/mol. The molecule has 2 amide bonds. The highest BCUT2D eigenvalue weighted by atomic mass is 16.5. The Labute approximate surface area is 186 Å². The van der Waals surface area contributed by atoms with Gasteiger partial charge in [0.25, 0.3) is 5.91 Å². The second kappa shape index (κ2) is 12.7. The molecule has 2 aliphatic heterocycles. The van der Waals surface area contributed by atoms with Gasteiger partial charge in [-0.05, 0) is 70.1 Å². The third kappa shape index (κ3) is 7.51. The minimum absolute atomic E-state index is 0.00481. The average molecular weight is 431 g/mol. The van der Waals surface area contributed by atoms with E-state index < -0.39 is 0 Å². The zero-order valence-electron chi connectivity index (χ0n) is 19.0. The SMILES string of the molecule is CCOc1ccc(C(=O)N(CCCN2CCCCC2)CCC(=O)N2CCNCC2)cc1. The van der Waals surface area contributed by atoms with Crippen LogP contribution in [0.2, 0.25) is 0 Å². The van der Waals surface area contributed by atoms with Crippen LogP contribution >= 0.6 is 0 Å². The zero-order valence-corrected chi connectivity index (χ0v) is 19.0. The summed E-state index contributed by atoms with van der Waals surface area (Å²) >= 11 is 0. The van der Waals surface area contributed by atoms with Crippen LogP contribution in [0.3, 0.4) is 0 Å². The van der Waals surface area contributed by atoms with Crippen molar-refractivity contribution in [3.05, 3.63) is 29.8 Å². The number of hydrogen-bond acceptors (Lipinski definition) is 5. The predicted molar refractivity (Wildman–Crippen MR) is 122 cm³/mol. The van der Waals surface area contributed by atoms with Crippen molar-refractivity contribution in [1.82, 2.24) is 20.0 Å². The summed E-state index contributed by atoms with van der Waals surface area (Å²) in [6, 6.07) is 7.33. The van der Waals surface area contributed by atoms with Gasteiger partial charge < -0.3 is 24.8 Å². The van der Waals surface area contributed by atoms with Gasteiger partial charge in [-0.2, -0.15) is 0 Å². The van der Waals surface area contributed by atoms with E-state index in [2.05, 4.69) is 10.2 Å². The summed E-state index contributed by atoms with van der Waals surface area (Å²) in [6.45, 7) is 10.2. The Balaban J connectivity index is 1.57.